The van der Waals surface area contributed by atoms with Crippen LogP contribution >= 0.6 is 0 Å². The van der Waals surface area contributed by atoms with Crippen molar-refractivity contribution >= 4 is 5.69 Å². The highest BCUT2D eigenvalue weighted by Gasteiger charge is 2.13. The molecule has 1 atom stereocenters. The molecule has 3 rings (SSSR count). The minimum atomic E-state index is 0.346. The van der Waals surface area contributed by atoms with Crippen LogP contribution in [0.3, 0.4) is 0 Å². The van der Waals surface area contributed by atoms with E-state index in [9.17, 15) is 0 Å². The number of hydrogen-bond donors (Lipinski definition) is 1. The second-order valence-electron chi connectivity index (χ2n) is 6.42. The van der Waals surface area contributed by atoms with Gasteiger partial charge in [0, 0.05) is 11.7 Å². The van der Waals surface area contributed by atoms with Crippen molar-refractivity contribution in [3.8, 4) is 0 Å². The van der Waals surface area contributed by atoms with E-state index in [0.29, 0.717) is 6.04 Å². The lowest BCUT2D eigenvalue weighted by molar-refractivity contribution is 0.683. The van der Waals surface area contributed by atoms with Gasteiger partial charge in [0.25, 0.3) is 0 Å². The van der Waals surface area contributed by atoms with E-state index in [4.69, 9.17) is 0 Å². The summed E-state index contributed by atoms with van der Waals surface area (Å²) >= 11 is 0. The molecule has 0 bridgehead atoms. The lowest BCUT2D eigenvalue weighted by Crippen LogP contribution is -2.10. The van der Waals surface area contributed by atoms with E-state index in [1.807, 2.05) is 0 Å². The van der Waals surface area contributed by atoms with Crippen LogP contribution in [0.1, 0.15) is 53.6 Å². The third-order valence-electron chi connectivity index (χ3n) is 4.63. The zero-order valence-electron chi connectivity index (χ0n) is 13.4. The van der Waals surface area contributed by atoms with Crippen LogP contribution in [0.5, 0.6) is 0 Å². The predicted molar refractivity (Wildman–Crippen MR) is 91.0 cm³/mol. The predicted octanol–water partition coefficient (Wildman–Crippen LogP) is 5.36. The first-order valence-corrected chi connectivity index (χ1v) is 8.09. The zero-order valence-corrected chi connectivity index (χ0v) is 13.4. The second kappa shape index (κ2) is 5.93. The molecule has 0 aromatic heterocycles. The van der Waals surface area contributed by atoms with Crippen LogP contribution in [0.25, 0.3) is 0 Å². The summed E-state index contributed by atoms with van der Waals surface area (Å²) in [4.78, 5) is 0. The molecule has 0 amide bonds. The van der Waals surface area contributed by atoms with Crippen LogP contribution in [0.2, 0.25) is 0 Å². The van der Waals surface area contributed by atoms with Crippen LogP contribution in [-0.4, -0.2) is 0 Å². The minimum Gasteiger partial charge on any atom is -0.378 e. The van der Waals surface area contributed by atoms with E-state index in [1.165, 1.54) is 48.1 Å². The molecule has 21 heavy (non-hydrogen) atoms. The van der Waals surface area contributed by atoms with Crippen molar-refractivity contribution in [1.29, 1.82) is 0 Å². The van der Waals surface area contributed by atoms with Gasteiger partial charge in [-0.2, -0.15) is 0 Å². The van der Waals surface area contributed by atoms with Gasteiger partial charge in [0.05, 0.1) is 0 Å². The summed E-state index contributed by atoms with van der Waals surface area (Å²) in [5.74, 6) is 0. The van der Waals surface area contributed by atoms with Gasteiger partial charge in [-0.25, -0.2) is 0 Å². The van der Waals surface area contributed by atoms with E-state index in [-0.39, 0.29) is 0 Å². The number of rotatable bonds is 3. The summed E-state index contributed by atoms with van der Waals surface area (Å²) in [6.07, 6.45) is 5.20. The zero-order chi connectivity index (χ0) is 14.8. The first-order chi connectivity index (χ1) is 10.1. The average Bonchev–Trinajstić information content (AvgIpc) is 2.49. The summed E-state index contributed by atoms with van der Waals surface area (Å²) in [6.45, 7) is 6.57. The Morgan fingerprint density at radius 1 is 0.905 bits per heavy atom. The molecule has 2 aromatic carbocycles. The summed E-state index contributed by atoms with van der Waals surface area (Å²) in [5, 5.41) is 3.66. The Labute approximate surface area is 128 Å². The number of fused-ring (bicyclic) bond motifs is 1. The SMILES string of the molecule is Cc1ccc(NC(C)c2ccc3c(c2)CCCC3)c(C)c1. The molecule has 1 aliphatic carbocycles. The maximum atomic E-state index is 3.66. The average molecular weight is 279 g/mol. The Hall–Kier alpha value is -1.76. The standard InChI is InChI=1S/C20H25N/c1-14-8-11-20(15(2)12-14)21-16(3)18-10-9-17-6-4-5-7-19(17)13-18/h8-13,16,21H,4-7H2,1-3H3. The van der Waals surface area contributed by atoms with Crippen LogP contribution in [0.4, 0.5) is 5.69 Å². The van der Waals surface area contributed by atoms with Crippen molar-refractivity contribution in [2.45, 2.75) is 52.5 Å². The normalized spacial score (nSPS) is 15.4. The molecule has 0 saturated heterocycles. The van der Waals surface area contributed by atoms with Crippen molar-refractivity contribution in [2.24, 2.45) is 0 Å². The highest BCUT2D eigenvalue weighted by atomic mass is 14.9. The van der Waals surface area contributed by atoms with Gasteiger partial charge in [0.2, 0.25) is 0 Å². The van der Waals surface area contributed by atoms with Crippen LogP contribution in [0, 0.1) is 13.8 Å². The number of benzene rings is 2. The molecule has 0 saturated carbocycles. The number of nitrogens with one attached hydrogen (secondary N) is 1. The molecule has 0 radical (unpaired) electrons. The maximum absolute atomic E-state index is 3.66. The molecule has 110 valence electrons. The molecule has 0 aliphatic heterocycles. The Morgan fingerprint density at radius 3 is 2.43 bits per heavy atom. The topological polar surface area (TPSA) is 12.0 Å². The summed E-state index contributed by atoms with van der Waals surface area (Å²) < 4.78 is 0. The van der Waals surface area contributed by atoms with Crippen molar-refractivity contribution in [3.05, 3.63) is 64.2 Å². The first kappa shape index (κ1) is 14.2. The van der Waals surface area contributed by atoms with E-state index in [0.717, 1.165) is 0 Å². The number of aryl methyl sites for hydroxylation is 4. The molecule has 1 heteroatoms. The summed E-state index contributed by atoms with van der Waals surface area (Å²) in [6, 6.07) is 14.0. The van der Waals surface area contributed by atoms with E-state index < -0.39 is 0 Å². The Balaban J connectivity index is 1.80. The lowest BCUT2D eigenvalue weighted by atomic mass is 9.89. The van der Waals surface area contributed by atoms with Gasteiger partial charge in [0.15, 0.2) is 0 Å². The smallest absolute Gasteiger partial charge is 0.0485 e. The molecule has 1 aliphatic rings. The molecular formula is C20H25N. The molecule has 2 aromatic rings. The molecular weight excluding hydrogens is 254 g/mol. The first-order valence-electron chi connectivity index (χ1n) is 8.09. The fourth-order valence-electron chi connectivity index (χ4n) is 3.31. The van der Waals surface area contributed by atoms with E-state index in [2.05, 4.69) is 62.5 Å². The third-order valence-corrected chi connectivity index (χ3v) is 4.63. The molecule has 1 unspecified atom stereocenters. The minimum absolute atomic E-state index is 0.346. The van der Waals surface area contributed by atoms with Gasteiger partial charge in [-0.05, 0) is 74.8 Å². The van der Waals surface area contributed by atoms with Gasteiger partial charge in [-0.3, -0.25) is 0 Å². The van der Waals surface area contributed by atoms with Gasteiger partial charge in [0.1, 0.15) is 0 Å². The second-order valence-corrected chi connectivity index (χ2v) is 6.42. The Kier molecular flexibility index (Phi) is 4.01. The van der Waals surface area contributed by atoms with Crippen molar-refractivity contribution in [3.63, 3.8) is 0 Å². The van der Waals surface area contributed by atoms with Gasteiger partial charge >= 0.3 is 0 Å². The van der Waals surface area contributed by atoms with Gasteiger partial charge < -0.3 is 5.32 Å². The molecule has 0 fully saturated rings. The Morgan fingerprint density at radius 2 is 1.67 bits per heavy atom. The number of anilines is 1. The van der Waals surface area contributed by atoms with Crippen LogP contribution < -0.4 is 5.32 Å². The lowest BCUT2D eigenvalue weighted by Gasteiger charge is -2.21. The summed E-state index contributed by atoms with van der Waals surface area (Å²) in [5.41, 5.74) is 8.40. The van der Waals surface area contributed by atoms with Crippen LogP contribution in [0.15, 0.2) is 36.4 Å². The van der Waals surface area contributed by atoms with Crippen molar-refractivity contribution in [2.75, 3.05) is 5.32 Å². The number of hydrogen-bond acceptors (Lipinski definition) is 1. The third kappa shape index (κ3) is 3.12. The maximum Gasteiger partial charge on any atom is 0.0485 e. The van der Waals surface area contributed by atoms with Crippen LogP contribution in [-0.2, 0) is 12.8 Å². The highest BCUT2D eigenvalue weighted by molar-refractivity contribution is 5.53. The van der Waals surface area contributed by atoms with Crippen molar-refractivity contribution < 1.29 is 0 Å². The molecule has 0 heterocycles. The molecule has 1 nitrogen and oxygen atoms in total. The fourth-order valence-corrected chi connectivity index (χ4v) is 3.31. The molecule has 0 spiro atoms. The van der Waals surface area contributed by atoms with E-state index >= 15 is 0 Å². The Bertz CT molecular complexity index is 642. The fraction of sp³-hybridized carbons (Fsp3) is 0.400. The van der Waals surface area contributed by atoms with Gasteiger partial charge in [-0.15, -0.1) is 0 Å². The largest absolute Gasteiger partial charge is 0.378 e. The molecule has 1 N–H and O–H groups in total. The quantitative estimate of drug-likeness (QED) is 0.798. The summed E-state index contributed by atoms with van der Waals surface area (Å²) in [7, 11) is 0. The van der Waals surface area contributed by atoms with Gasteiger partial charge in [-0.1, -0.05) is 35.9 Å². The highest BCUT2D eigenvalue weighted by Crippen LogP contribution is 2.27. The van der Waals surface area contributed by atoms with Crippen molar-refractivity contribution in [1.82, 2.24) is 0 Å². The monoisotopic (exact) mass is 279 g/mol. The van der Waals surface area contributed by atoms with E-state index in [1.54, 1.807) is 11.1 Å².